The molecule has 1 aromatic rings. The molecule has 2 aliphatic carbocycles. The molecule has 0 bridgehead atoms. The number of imidazole rings is 1. The van der Waals surface area contributed by atoms with E-state index in [0.717, 1.165) is 23.6 Å². The van der Waals surface area contributed by atoms with Crippen molar-refractivity contribution in [3.63, 3.8) is 0 Å². The summed E-state index contributed by atoms with van der Waals surface area (Å²) < 4.78 is 1.86. The number of aliphatic carboxylic acids is 1. The van der Waals surface area contributed by atoms with Crippen LogP contribution in [0.15, 0.2) is 0 Å². The maximum Gasteiger partial charge on any atom is 0.323 e. The third-order valence-electron chi connectivity index (χ3n) is 4.35. The monoisotopic (exact) mass is 220 g/mol. The lowest BCUT2D eigenvalue weighted by molar-refractivity contribution is -0.137. The Hall–Kier alpha value is -1.32. The van der Waals surface area contributed by atoms with Crippen molar-refractivity contribution in [3.8, 4) is 0 Å². The summed E-state index contributed by atoms with van der Waals surface area (Å²) >= 11 is 0. The fourth-order valence-electron chi connectivity index (χ4n) is 3.32. The van der Waals surface area contributed by atoms with Gasteiger partial charge in [0.2, 0.25) is 0 Å². The predicted molar refractivity (Wildman–Crippen MR) is 58.3 cm³/mol. The minimum Gasteiger partial charge on any atom is -0.480 e. The normalized spacial score (nSPS) is 28.7. The molecule has 2 aliphatic rings. The number of aromatic nitrogens is 2. The maximum absolute atomic E-state index is 10.8. The Morgan fingerprint density at radius 1 is 1.62 bits per heavy atom. The number of fused-ring (bicyclic) bond motifs is 3. The van der Waals surface area contributed by atoms with Crippen molar-refractivity contribution >= 4 is 5.97 Å². The Morgan fingerprint density at radius 2 is 2.31 bits per heavy atom. The van der Waals surface area contributed by atoms with Crippen LogP contribution >= 0.6 is 0 Å². The van der Waals surface area contributed by atoms with Crippen LogP contribution in [0.25, 0.3) is 0 Å². The molecule has 1 aromatic heterocycles. The lowest BCUT2D eigenvalue weighted by Gasteiger charge is -2.10. The van der Waals surface area contributed by atoms with Gasteiger partial charge in [-0.3, -0.25) is 4.79 Å². The summed E-state index contributed by atoms with van der Waals surface area (Å²) in [6, 6.07) is 0. The van der Waals surface area contributed by atoms with Gasteiger partial charge in [0, 0.05) is 11.6 Å². The second-order valence-corrected chi connectivity index (χ2v) is 5.58. The van der Waals surface area contributed by atoms with Gasteiger partial charge in [-0.05, 0) is 24.7 Å². The van der Waals surface area contributed by atoms with Gasteiger partial charge in [0.15, 0.2) is 0 Å². The van der Waals surface area contributed by atoms with E-state index in [-0.39, 0.29) is 6.54 Å². The van der Waals surface area contributed by atoms with E-state index in [1.165, 1.54) is 0 Å². The van der Waals surface area contributed by atoms with Gasteiger partial charge in [0.25, 0.3) is 0 Å². The Bertz CT molecular complexity index is 487. The van der Waals surface area contributed by atoms with Crippen LogP contribution in [0.1, 0.15) is 37.0 Å². The summed E-state index contributed by atoms with van der Waals surface area (Å²) in [7, 11) is 0. The van der Waals surface area contributed by atoms with Crippen LogP contribution in [-0.4, -0.2) is 20.6 Å². The fraction of sp³-hybridized carbons (Fsp3) is 0.667. The zero-order valence-corrected chi connectivity index (χ0v) is 9.82. The molecule has 2 atom stereocenters. The van der Waals surface area contributed by atoms with Gasteiger partial charge in [-0.2, -0.15) is 0 Å². The standard InChI is InChI=1S/C12H16N2O2/c1-6-13-11-8(14(6)5-9(15)16)4-7-10(11)12(7,2)3/h7,10H,4-5H2,1-3H3,(H,15,16)/t7-,10-/m1/s1. The minimum absolute atomic E-state index is 0.0496. The highest BCUT2D eigenvalue weighted by molar-refractivity contribution is 5.67. The number of carboxylic acid groups (broad SMARTS) is 1. The Morgan fingerprint density at radius 3 is 2.94 bits per heavy atom. The molecule has 1 fully saturated rings. The second kappa shape index (κ2) is 2.67. The van der Waals surface area contributed by atoms with Crippen molar-refractivity contribution in [2.45, 2.75) is 39.7 Å². The highest BCUT2D eigenvalue weighted by Gasteiger charge is 2.64. The van der Waals surface area contributed by atoms with Crippen molar-refractivity contribution in [1.82, 2.24) is 9.55 Å². The average Bonchev–Trinajstić information content (AvgIpc) is 2.49. The minimum atomic E-state index is -0.789. The van der Waals surface area contributed by atoms with Gasteiger partial charge in [-0.15, -0.1) is 0 Å². The molecule has 0 unspecified atom stereocenters. The molecule has 1 heterocycles. The fourth-order valence-corrected chi connectivity index (χ4v) is 3.32. The molecular weight excluding hydrogens is 204 g/mol. The van der Waals surface area contributed by atoms with Crippen LogP contribution in [0.2, 0.25) is 0 Å². The smallest absolute Gasteiger partial charge is 0.323 e. The molecule has 0 aromatic carbocycles. The Balaban J connectivity index is 2.01. The van der Waals surface area contributed by atoms with Gasteiger partial charge in [-0.1, -0.05) is 13.8 Å². The second-order valence-electron chi connectivity index (χ2n) is 5.58. The molecule has 4 nitrogen and oxygen atoms in total. The lowest BCUT2D eigenvalue weighted by atomic mass is 10.0. The van der Waals surface area contributed by atoms with Crippen LogP contribution in [-0.2, 0) is 17.8 Å². The van der Waals surface area contributed by atoms with E-state index in [4.69, 9.17) is 5.11 Å². The van der Waals surface area contributed by atoms with Crippen molar-refractivity contribution in [2.24, 2.45) is 11.3 Å². The first-order valence-corrected chi connectivity index (χ1v) is 5.70. The van der Waals surface area contributed by atoms with Crippen molar-refractivity contribution in [1.29, 1.82) is 0 Å². The van der Waals surface area contributed by atoms with E-state index in [1.807, 2.05) is 11.5 Å². The topological polar surface area (TPSA) is 55.1 Å². The van der Waals surface area contributed by atoms with Gasteiger partial charge < -0.3 is 9.67 Å². The number of rotatable bonds is 2. The van der Waals surface area contributed by atoms with Crippen molar-refractivity contribution in [3.05, 3.63) is 17.2 Å². The molecule has 4 heteroatoms. The summed E-state index contributed by atoms with van der Waals surface area (Å²) in [6.45, 7) is 6.49. The van der Waals surface area contributed by atoms with Crippen LogP contribution in [0.5, 0.6) is 0 Å². The first-order chi connectivity index (χ1) is 7.43. The molecule has 1 saturated carbocycles. The molecule has 0 saturated heterocycles. The molecule has 0 spiro atoms. The van der Waals surface area contributed by atoms with Crippen LogP contribution in [0.3, 0.4) is 0 Å². The van der Waals surface area contributed by atoms with E-state index < -0.39 is 5.97 Å². The first kappa shape index (κ1) is 9.87. The predicted octanol–water partition coefficient (Wildman–Crippen LogP) is 1.57. The lowest BCUT2D eigenvalue weighted by Crippen LogP contribution is -2.14. The van der Waals surface area contributed by atoms with E-state index >= 15 is 0 Å². The summed E-state index contributed by atoms with van der Waals surface area (Å²) in [6.07, 6.45) is 1.00. The number of hydrogen-bond donors (Lipinski definition) is 1. The third-order valence-corrected chi connectivity index (χ3v) is 4.35. The van der Waals surface area contributed by atoms with E-state index in [2.05, 4.69) is 18.8 Å². The largest absolute Gasteiger partial charge is 0.480 e. The number of carbonyl (C=O) groups is 1. The summed E-state index contributed by atoms with van der Waals surface area (Å²) in [4.78, 5) is 15.4. The molecule has 3 rings (SSSR count). The van der Waals surface area contributed by atoms with E-state index in [1.54, 1.807) is 0 Å². The Labute approximate surface area is 94.3 Å². The maximum atomic E-state index is 10.8. The quantitative estimate of drug-likeness (QED) is 0.823. The van der Waals surface area contributed by atoms with Crippen LogP contribution < -0.4 is 0 Å². The summed E-state index contributed by atoms with van der Waals surface area (Å²) in [5.74, 6) is 1.30. The summed E-state index contributed by atoms with van der Waals surface area (Å²) in [5, 5.41) is 8.87. The van der Waals surface area contributed by atoms with Gasteiger partial charge >= 0.3 is 5.97 Å². The molecule has 0 radical (unpaired) electrons. The number of hydrogen-bond acceptors (Lipinski definition) is 2. The molecule has 86 valence electrons. The number of nitrogens with zero attached hydrogens (tertiary/aromatic N) is 2. The average molecular weight is 220 g/mol. The van der Waals surface area contributed by atoms with Gasteiger partial charge in [0.05, 0.1) is 5.69 Å². The third kappa shape index (κ3) is 1.05. The van der Waals surface area contributed by atoms with Crippen LogP contribution in [0, 0.1) is 18.3 Å². The zero-order chi connectivity index (χ0) is 11.7. The Kier molecular flexibility index (Phi) is 1.65. The molecular formula is C12H16N2O2. The van der Waals surface area contributed by atoms with Crippen LogP contribution in [0.4, 0.5) is 0 Å². The number of carboxylic acids is 1. The number of aryl methyl sites for hydroxylation is 1. The zero-order valence-electron chi connectivity index (χ0n) is 9.82. The van der Waals surface area contributed by atoms with E-state index in [9.17, 15) is 4.79 Å². The highest BCUT2D eigenvalue weighted by atomic mass is 16.4. The van der Waals surface area contributed by atoms with Gasteiger partial charge in [0.1, 0.15) is 12.4 Å². The van der Waals surface area contributed by atoms with Crippen molar-refractivity contribution < 1.29 is 9.90 Å². The molecule has 0 amide bonds. The molecule has 1 N–H and O–H groups in total. The van der Waals surface area contributed by atoms with Gasteiger partial charge in [-0.25, -0.2) is 4.98 Å². The SMILES string of the molecule is Cc1nc2c(n1CC(=O)O)C[C@@H]1[C@H]2C1(C)C. The molecule has 0 aliphatic heterocycles. The van der Waals surface area contributed by atoms with E-state index in [0.29, 0.717) is 17.3 Å². The highest BCUT2D eigenvalue weighted by Crippen LogP contribution is 2.69. The molecule has 16 heavy (non-hydrogen) atoms. The summed E-state index contributed by atoms with van der Waals surface area (Å²) in [5.41, 5.74) is 2.70. The van der Waals surface area contributed by atoms with Crippen molar-refractivity contribution in [2.75, 3.05) is 0 Å². The first-order valence-electron chi connectivity index (χ1n) is 5.70.